The van der Waals surface area contributed by atoms with Crippen LogP contribution in [-0.4, -0.2) is 54.6 Å². The van der Waals surface area contributed by atoms with Crippen LogP contribution in [0.15, 0.2) is 24.4 Å². The molecule has 1 aromatic carbocycles. The van der Waals surface area contributed by atoms with Gasteiger partial charge in [-0.2, -0.15) is 5.10 Å². The number of nitrogens with zero attached hydrogens (tertiary/aromatic N) is 3. The molecule has 1 saturated heterocycles. The Balaban J connectivity index is 1.78. The van der Waals surface area contributed by atoms with Crippen molar-refractivity contribution in [3.8, 4) is 34.4 Å². The van der Waals surface area contributed by atoms with Crippen molar-refractivity contribution >= 4 is 16.8 Å². The largest absolute Gasteiger partial charge is 0.493 e. The highest BCUT2D eigenvalue weighted by molar-refractivity contribution is 5.87. The van der Waals surface area contributed by atoms with Gasteiger partial charge in [-0.3, -0.25) is 9.48 Å². The number of ether oxygens (including phenoxy) is 4. The van der Waals surface area contributed by atoms with Crippen molar-refractivity contribution in [3.05, 3.63) is 24.4 Å². The fraction of sp³-hybridized carbons (Fsp3) is 0.409. The van der Waals surface area contributed by atoms with E-state index in [2.05, 4.69) is 10.4 Å². The maximum Gasteiger partial charge on any atom is 0.225 e. The normalized spacial score (nSPS) is 16.8. The Hall–Kier alpha value is -3.49. The third-order valence-corrected chi connectivity index (χ3v) is 5.51. The molecule has 2 aromatic heterocycles. The van der Waals surface area contributed by atoms with E-state index >= 15 is 0 Å². The van der Waals surface area contributed by atoms with Crippen LogP contribution in [0.5, 0.6) is 23.1 Å². The molecular weight excluding hydrogens is 400 g/mol. The molecule has 1 aliphatic heterocycles. The molecule has 0 spiro atoms. The highest BCUT2D eigenvalue weighted by Crippen LogP contribution is 2.41. The van der Waals surface area contributed by atoms with Gasteiger partial charge >= 0.3 is 0 Å². The molecule has 9 nitrogen and oxygen atoms in total. The molecule has 164 valence electrons. The quantitative estimate of drug-likeness (QED) is 0.620. The number of benzene rings is 1. The van der Waals surface area contributed by atoms with E-state index in [1.165, 1.54) is 0 Å². The van der Waals surface area contributed by atoms with Crippen LogP contribution in [0.4, 0.5) is 0 Å². The van der Waals surface area contributed by atoms with Crippen molar-refractivity contribution in [3.63, 3.8) is 0 Å². The third-order valence-electron chi connectivity index (χ3n) is 5.51. The molecule has 1 fully saturated rings. The number of methoxy groups -OCH3 is 3. The van der Waals surface area contributed by atoms with Gasteiger partial charge in [0.2, 0.25) is 17.5 Å². The summed E-state index contributed by atoms with van der Waals surface area (Å²) in [4.78, 5) is 16.4. The van der Waals surface area contributed by atoms with Crippen molar-refractivity contribution in [1.29, 1.82) is 0 Å². The number of pyridine rings is 1. The first kappa shape index (κ1) is 20.8. The van der Waals surface area contributed by atoms with Gasteiger partial charge in [0.05, 0.1) is 37.9 Å². The maximum absolute atomic E-state index is 11.6. The maximum atomic E-state index is 11.6. The van der Waals surface area contributed by atoms with Crippen LogP contribution < -0.4 is 24.3 Å². The number of hydrogen-bond acceptors (Lipinski definition) is 7. The third kappa shape index (κ3) is 3.95. The summed E-state index contributed by atoms with van der Waals surface area (Å²) in [6.45, 7) is 2.56. The summed E-state index contributed by atoms with van der Waals surface area (Å²) in [5.74, 6) is 2.19. The monoisotopic (exact) mass is 426 g/mol. The first-order chi connectivity index (χ1) is 14.9. The zero-order valence-electron chi connectivity index (χ0n) is 18.3. The predicted octanol–water partition coefficient (Wildman–Crippen LogP) is 2.56. The van der Waals surface area contributed by atoms with Crippen LogP contribution in [-0.2, 0) is 11.8 Å². The summed E-state index contributed by atoms with van der Waals surface area (Å²) in [5.41, 5.74) is 2.19. The zero-order valence-corrected chi connectivity index (χ0v) is 18.3. The molecule has 31 heavy (non-hydrogen) atoms. The number of nitrogens with one attached hydrogen (secondary N) is 1. The van der Waals surface area contributed by atoms with E-state index in [0.29, 0.717) is 41.8 Å². The van der Waals surface area contributed by atoms with Crippen LogP contribution in [0.1, 0.15) is 13.3 Å². The van der Waals surface area contributed by atoms with Crippen molar-refractivity contribution in [2.75, 3.05) is 27.9 Å². The number of aromatic nitrogens is 3. The standard InChI is InChI=1S/C22H26N4O5/c1-12(14-8-20(27)23-10-14)31-22-15-11-26(2)25-17(15)9-16(24-22)13-6-18(28-3)21(30-5)19(7-13)29-4/h6-7,9,11-12,14H,8,10H2,1-5H3,(H,23,27)/t12?,14-/m1/s1. The first-order valence-corrected chi connectivity index (χ1v) is 10.0. The molecule has 4 rings (SSSR count). The highest BCUT2D eigenvalue weighted by atomic mass is 16.5. The van der Waals surface area contributed by atoms with Gasteiger partial charge < -0.3 is 24.3 Å². The van der Waals surface area contributed by atoms with Crippen LogP contribution in [0, 0.1) is 5.92 Å². The Bertz CT molecular complexity index is 1100. The van der Waals surface area contributed by atoms with Gasteiger partial charge in [0.15, 0.2) is 11.5 Å². The van der Waals surface area contributed by atoms with Crippen molar-refractivity contribution in [1.82, 2.24) is 20.1 Å². The van der Waals surface area contributed by atoms with E-state index in [-0.39, 0.29) is 17.9 Å². The Morgan fingerprint density at radius 3 is 2.42 bits per heavy atom. The van der Waals surface area contributed by atoms with Crippen LogP contribution in [0.3, 0.4) is 0 Å². The summed E-state index contributed by atoms with van der Waals surface area (Å²) >= 11 is 0. The Labute approximate surface area is 180 Å². The number of carbonyl (C=O) groups is 1. The average molecular weight is 426 g/mol. The topological polar surface area (TPSA) is 96.7 Å². The summed E-state index contributed by atoms with van der Waals surface area (Å²) < 4.78 is 24.4. The minimum atomic E-state index is -0.190. The number of carbonyl (C=O) groups excluding carboxylic acids is 1. The van der Waals surface area contributed by atoms with E-state index in [4.69, 9.17) is 23.9 Å². The van der Waals surface area contributed by atoms with Gasteiger partial charge in [-0.25, -0.2) is 4.98 Å². The number of fused-ring (bicyclic) bond motifs is 1. The minimum Gasteiger partial charge on any atom is -0.493 e. The van der Waals surface area contributed by atoms with E-state index < -0.39 is 0 Å². The Morgan fingerprint density at radius 2 is 1.84 bits per heavy atom. The molecule has 2 atom stereocenters. The summed E-state index contributed by atoms with van der Waals surface area (Å²) in [6, 6.07) is 5.57. The first-order valence-electron chi connectivity index (χ1n) is 10.0. The van der Waals surface area contributed by atoms with E-state index in [1.807, 2.05) is 38.4 Å². The number of aryl methyl sites for hydroxylation is 1. The molecule has 1 N–H and O–H groups in total. The van der Waals surface area contributed by atoms with Gasteiger partial charge in [0.25, 0.3) is 0 Å². The minimum absolute atomic E-state index is 0.0473. The molecule has 0 bridgehead atoms. The van der Waals surface area contributed by atoms with Crippen LogP contribution in [0.25, 0.3) is 22.2 Å². The second-order valence-corrected chi connectivity index (χ2v) is 7.55. The summed E-state index contributed by atoms with van der Waals surface area (Å²) in [5, 5.41) is 8.20. The second-order valence-electron chi connectivity index (χ2n) is 7.55. The van der Waals surface area contributed by atoms with Gasteiger partial charge in [-0.15, -0.1) is 0 Å². The lowest BCUT2D eigenvalue weighted by atomic mass is 10.0. The lowest BCUT2D eigenvalue weighted by molar-refractivity contribution is -0.119. The SMILES string of the molecule is COc1cc(-c2cc3nn(C)cc3c(OC(C)[C@H]3CNC(=O)C3)n2)cc(OC)c1OC. The zero-order chi connectivity index (χ0) is 22.1. The summed E-state index contributed by atoms with van der Waals surface area (Å²) in [6.07, 6.45) is 2.13. The van der Waals surface area contributed by atoms with Gasteiger partial charge in [-0.1, -0.05) is 0 Å². The fourth-order valence-corrected chi connectivity index (χ4v) is 3.81. The molecular formula is C22H26N4O5. The van der Waals surface area contributed by atoms with Gasteiger partial charge in [-0.05, 0) is 25.1 Å². The van der Waals surface area contributed by atoms with Crippen molar-refractivity contribution in [2.24, 2.45) is 13.0 Å². The predicted molar refractivity (Wildman–Crippen MR) is 115 cm³/mol. The molecule has 9 heteroatoms. The van der Waals surface area contributed by atoms with Crippen molar-refractivity contribution in [2.45, 2.75) is 19.4 Å². The lowest BCUT2D eigenvalue weighted by Gasteiger charge is -2.20. The molecule has 3 aromatic rings. The molecule has 1 amide bonds. The van der Waals surface area contributed by atoms with Crippen LogP contribution >= 0.6 is 0 Å². The smallest absolute Gasteiger partial charge is 0.225 e. The molecule has 3 heterocycles. The fourth-order valence-electron chi connectivity index (χ4n) is 3.81. The number of hydrogen-bond donors (Lipinski definition) is 1. The van der Waals surface area contributed by atoms with E-state index in [0.717, 1.165) is 16.5 Å². The molecule has 1 aliphatic rings. The molecule has 1 unspecified atom stereocenters. The van der Waals surface area contributed by atoms with E-state index in [9.17, 15) is 4.79 Å². The van der Waals surface area contributed by atoms with Gasteiger partial charge in [0, 0.05) is 37.7 Å². The Kier molecular flexibility index (Phi) is 5.58. The van der Waals surface area contributed by atoms with Crippen LogP contribution in [0.2, 0.25) is 0 Å². The molecule has 0 radical (unpaired) electrons. The van der Waals surface area contributed by atoms with E-state index in [1.54, 1.807) is 26.0 Å². The van der Waals surface area contributed by atoms with Gasteiger partial charge in [0.1, 0.15) is 6.10 Å². The molecule has 0 aliphatic carbocycles. The second kappa shape index (κ2) is 8.33. The summed E-state index contributed by atoms with van der Waals surface area (Å²) in [7, 11) is 6.56. The number of amides is 1. The average Bonchev–Trinajstić information content (AvgIpc) is 3.37. The highest BCUT2D eigenvalue weighted by Gasteiger charge is 2.29. The Morgan fingerprint density at radius 1 is 1.13 bits per heavy atom. The number of rotatable bonds is 7. The lowest BCUT2D eigenvalue weighted by Crippen LogP contribution is -2.26. The van der Waals surface area contributed by atoms with Crippen molar-refractivity contribution < 1.29 is 23.7 Å². The molecule has 0 saturated carbocycles.